The van der Waals surface area contributed by atoms with E-state index < -0.39 is 6.23 Å². The summed E-state index contributed by atoms with van der Waals surface area (Å²) in [4.78, 5) is 6.66. The van der Waals surface area contributed by atoms with Gasteiger partial charge in [0.15, 0.2) is 17.7 Å². The minimum Gasteiger partial charge on any atom is -0.493 e. The van der Waals surface area contributed by atoms with Gasteiger partial charge in [0, 0.05) is 41.9 Å². The number of hydrogen-bond donors (Lipinski definition) is 2. The van der Waals surface area contributed by atoms with E-state index in [1.807, 2.05) is 19.9 Å². The number of methoxy groups -OCH3 is 1. The van der Waals surface area contributed by atoms with E-state index in [1.165, 1.54) is 0 Å². The maximum atomic E-state index is 9.81. The Morgan fingerprint density at radius 2 is 1.97 bits per heavy atom. The van der Waals surface area contributed by atoms with Crippen LogP contribution in [-0.4, -0.2) is 58.8 Å². The minimum atomic E-state index is -0.776. The van der Waals surface area contributed by atoms with Crippen LogP contribution >= 0.6 is 0 Å². The third-order valence-electron chi connectivity index (χ3n) is 6.23. The van der Waals surface area contributed by atoms with Gasteiger partial charge >= 0.3 is 0 Å². The Morgan fingerprint density at radius 3 is 2.69 bits per heavy atom. The molecule has 4 aromatic rings. The lowest BCUT2D eigenvalue weighted by Gasteiger charge is -2.28. The number of rotatable bonds is 6. The summed E-state index contributed by atoms with van der Waals surface area (Å²) < 4.78 is 17.1. The normalized spacial score (nSPS) is 14.5. The van der Waals surface area contributed by atoms with Gasteiger partial charge in [-0.15, -0.1) is 0 Å². The summed E-state index contributed by atoms with van der Waals surface area (Å²) >= 11 is 0. The molecule has 11 nitrogen and oxygen atoms in total. The average molecular weight is 487 g/mol. The monoisotopic (exact) mass is 486 g/mol. The molecule has 1 aliphatic rings. The van der Waals surface area contributed by atoms with Crippen LogP contribution in [0.15, 0.2) is 30.6 Å². The van der Waals surface area contributed by atoms with Crippen LogP contribution in [-0.2, 0) is 4.74 Å². The van der Waals surface area contributed by atoms with Gasteiger partial charge in [-0.05, 0) is 31.5 Å². The summed E-state index contributed by atoms with van der Waals surface area (Å²) in [5, 5.41) is 26.2. The molecule has 3 N–H and O–H groups in total. The van der Waals surface area contributed by atoms with Crippen molar-refractivity contribution in [3.05, 3.63) is 53.0 Å². The van der Waals surface area contributed by atoms with E-state index in [0.717, 1.165) is 22.0 Å². The number of H-pyrrole nitrogens is 1. The number of anilines is 1. The topological polar surface area (TPSA) is 148 Å². The summed E-state index contributed by atoms with van der Waals surface area (Å²) in [5.41, 5.74) is 11.3. The van der Waals surface area contributed by atoms with Crippen molar-refractivity contribution in [1.29, 1.82) is 5.26 Å². The lowest BCUT2D eigenvalue weighted by Crippen LogP contribution is -2.37. The van der Waals surface area contributed by atoms with Crippen LogP contribution in [0.1, 0.15) is 28.6 Å². The largest absolute Gasteiger partial charge is 0.493 e. The van der Waals surface area contributed by atoms with Crippen LogP contribution < -0.4 is 20.1 Å². The predicted molar refractivity (Wildman–Crippen MR) is 133 cm³/mol. The van der Waals surface area contributed by atoms with Gasteiger partial charge in [-0.25, -0.2) is 4.98 Å². The fraction of sp³-hybridized carbons (Fsp3) is 0.320. The van der Waals surface area contributed by atoms with Crippen LogP contribution in [0.5, 0.6) is 11.5 Å². The van der Waals surface area contributed by atoms with Gasteiger partial charge in [0.05, 0.1) is 43.3 Å². The summed E-state index contributed by atoms with van der Waals surface area (Å²) in [6, 6.07) is 7.71. The first kappa shape index (κ1) is 23.5. The molecule has 0 amide bonds. The van der Waals surface area contributed by atoms with Crippen molar-refractivity contribution in [1.82, 2.24) is 25.4 Å². The maximum absolute atomic E-state index is 9.81. The van der Waals surface area contributed by atoms with Gasteiger partial charge in [-0.3, -0.25) is 10.8 Å². The number of hydrogen-bond acceptors (Lipinski definition) is 10. The van der Waals surface area contributed by atoms with E-state index in [4.69, 9.17) is 19.9 Å². The molecule has 1 fully saturated rings. The quantitative estimate of drug-likeness (QED) is 0.390. The Hall–Kier alpha value is -4.27. The van der Waals surface area contributed by atoms with Crippen LogP contribution in [0.25, 0.3) is 22.2 Å². The number of aromatic amines is 1. The number of nitriles is 1. The van der Waals surface area contributed by atoms with Crippen molar-refractivity contribution < 1.29 is 14.2 Å². The number of benzene rings is 1. The smallest absolute Gasteiger partial charge is 0.176 e. The van der Waals surface area contributed by atoms with Crippen molar-refractivity contribution >= 4 is 16.7 Å². The number of nitrogens with two attached hydrogens (primary N) is 1. The molecular weight excluding hydrogens is 460 g/mol. The molecule has 36 heavy (non-hydrogen) atoms. The standard InChI is InChI=1S/C25H26N8O3/c1-14-12-29-30-15(2)22(14)24(27)36-21-9-18-19(10-20(21)34-3)31-32-23(18)17-8-16(11-26)25(28-13-17)33-4-6-35-7-5-33/h8-10,12-13,24H,4-7,27H2,1-3H3,(H,31,32)/t24-/m0/s1. The minimum absolute atomic E-state index is 0.453. The summed E-state index contributed by atoms with van der Waals surface area (Å²) in [5.74, 6) is 1.61. The zero-order valence-corrected chi connectivity index (χ0v) is 20.3. The second kappa shape index (κ2) is 9.77. The average Bonchev–Trinajstić information content (AvgIpc) is 3.31. The highest BCUT2D eigenvalue weighted by Gasteiger charge is 2.21. The number of fused-ring (bicyclic) bond motifs is 1. The van der Waals surface area contributed by atoms with Crippen molar-refractivity contribution in [3.8, 4) is 28.8 Å². The zero-order valence-electron chi connectivity index (χ0n) is 20.3. The highest BCUT2D eigenvalue weighted by molar-refractivity contribution is 5.95. The molecular formula is C25H26N8O3. The number of nitrogens with zero attached hydrogens (tertiary/aromatic N) is 6. The number of aryl methyl sites for hydroxylation is 2. The van der Waals surface area contributed by atoms with Gasteiger partial charge in [0.2, 0.25) is 0 Å². The third kappa shape index (κ3) is 4.28. The predicted octanol–water partition coefficient (Wildman–Crippen LogP) is 2.78. The van der Waals surface area contributed by atoms with E-state index in [0.29, 0.717) is 66.1 Å². The summed E-state index contributed by atoms with van der Waals surface area (Å²) in [6.07, 6.45) is 2.61. The molecule has 0 unspecified atom stereocenters. The van der Waals surface area contributed by atoms with Gasteiger partial charge in [0.25, 0.3) is 0 Å². The molecule has 1 aromatic carbocycles. The second-order valence-corrected chi connectivity index (χ2v) is 8.49. The van der Waals surface area contributed by atoms with Crippen molar-refractivity contribution in [2.24, 2.45) is 5.73 Å². The summed E-state index contributed by atoms with van der Waals surface area (Å²) in [7, 11) is 1.56. The Kier molecular flexibility index (Phi) is 6.37. The molecule has 3 aromatic heterocycles. The van der Waals surface area contributed by atoms with Crippen LogP contribution in [0.3, 0.4) is 0 Å². The molecule has 0 spiro atoms. The molecule has 184 valence electrons. The van der Waals surface area contributed by atoms with Gasteiger partial charge in [-0.1, -0.05) is 0 Å². The Balaban J connectivity index is 1.53. The van der Waals surface area contributed by atoms with E-state index >= 15 is 0 Å². The number of nitrogens with one attached hydrogen (secondary N) is 1. The fourth-order valence-electron chi connectivity index (χ4n) is 4.43. The molecule has 0 bridgehead atoms. The molecule has 1 atom stereocenters. The van der Waals surface area contributed by atoms with Crippen LogP contribution in [0.2, 0.25) is 0 Å². The number of pyridine rings is 1. The van der Waals surface area contributed by atoms with Crippen LogP contribution in [0.4, 0.5) is 5.82 Å². The first-order valence-corrected chi connectivity index (χ1v) is 11.5. The van der Waals surface area contributed by atoms with Crippen molar-refractivity contribution in [2.75, 3.05) is 38.3 Å². The fourth-order valence-corrected chi connectivity index (χ4v) is 4.43. The molecule has 1 saturated heterocycles. The van der Waals surface area contributed by atoms with Crippen LogP contribution in [0, 0.1) is 25.2 Å². The first-order chi connectivity index (χ1) is 17.5. The number of ether oxygens (including phenoxy) is 3. The Morgan fingerprint density at radius 1 is 1.17 bits per heavy atom. The molecule has 11 heteroatoms. The second-order valence-electron chi connectivity index (χ2n) is 8.49. The molecule has 0 saturated carbocycles. The summed E-state index contributed by atoms with van der Waals surface area (Å²) in [6.45, 7) is 6.36. The maximum Gasteiger partial charge on any atom is 0.176 e. The van der Waals surface area contributed by atoms with Gasteiger partial charge < -0.3 is 19.1 Å². The van der Waals surface area contributed by atoms with Gasteiger partial charge in [-0.2, -0.15) is 20.6 Å². The highest BCUT2D eigenvalue weighted by atomic mass is 16.5. The Labute approximate surface area is 207 Å². The van der Waals surface area contributed by atoms with Crippen molar-refractivity contribution in [2.45, 2.75) is 20.1 Å². The van der Waals surface area contributed by atoms with Crippen molar-refractivity contribution in [3.63, 3.8) is 0 Å². The first-order valence-electron chi connectivity index (χ1n) is 11.5. The van der Waals surface area contributed by atoms with E-state index in [9.17, 15) is 5.26 Å². The molecule has 1 aliphatic heterocycles. The van der Waals surface area contributed by atoms with Gasteiger partial charge in [0.1, 0.15) is 17.6 Å². The molecule has 5 rings (SSSR count). The SMILES string of the molecule is COc1cc2[nH]nc(-c3cnc(N4CCOCC4)c(C#N)c3)c2cc1O[C@H](N)c1c(C)cnnc1C. The molecule has 0 aliphatic carbocycles. The van der Waals surface area contributed by atoms with E-state index in [1.54, 1.807) is 31.6 Å². The number of morpholine rings is 1. The van der Waals surface area contributed by atoms with E-state index in [-0.39, 0.29) is 0 Å². The Bertz CT molecular complexity index is 1440. The lowest BCUT2D eigenvalue weighted by molar-refractivity contribution is 0.122. The molecule has 0 radical (unpaired) electrons. The molecule has 4 heterocycles. The zero-order chi connectivity index (χ0) is 25.2. The highest BCUT2D eigenvalue weighted by Crippen LogP contribution is 2.38. The van der Waals surface area contributed by atoms with E-state index in [2.05, 4.69) is 36.3 Å². The third-order valence-corrected chi connectivity index (χ3v) is 6.23. The number of aromatic nitrogens is 5. The lowest BCUT2D eigenvalue weighted by atomic mass is 10.1.